The highest BCUT2D eigenvalue weighted by Crippen LogP contribution is 2.36. The molecule has 0 aliphatic rings. The quantitative estimate of drug-likeness (QED) is 0.137. The van der Waals surface area contributed by atoms with Crippen LogP contribution in [0.3, 0.4) is 0 Å². The second-order valence-corrected chi connectivity index (χ2v) is 8.56. The molecule has 33 heavy (non-hydrogen) atoms. The Morgan fingerprint density at radius 1 is 0.970 bits per heavy atom. The molecule has 0 radical (unpaired) electrons. The van der Waals surface area contributed by atoms with Gasteiger partial charge in [-0.1, -0.05) is 66.7 Å². The fourth-order valence-corrected chi connectivity index (χ4v) is 4.38. The molecule has 4 aromatic carbocycles. The molecule has 5 heteroatoms. The van der Waals surface area contributed by atoms with Gasteiger partial charge < -0.3 is 20.7 Å². The van der Waals surface area contributed by atoms with E-state index in [1.165, 1.54) is 37.9 Å². The number of carbonyl (C=O) groups is 1. The van der Waals surface area contributed by atoms with Gasteiger partial charge >= 0.3 is 5.97 Å². The molecule has 0 spiro atoms. The minimum absolute atomic E-state index is 0.181. The van der Waals surface area contributed by atoms with Gasteiger partial charge in [0.15, 0.2) is 0 Å². The van der Waals surface area contributed by atoms with E-state index in [0.717, 1.165) is 12.8 Å². The van der Waals surface area contributed by atoms with E-state index in [2.05, 4.69) is 54.6 Å². The fraction of sp³-hybridized carbons (Fsp3) is 0.321. The van der Waals surface area contributed by atoms with Crippen LogP contribution in [0.4, 0.5) is 0 Å². The van der Waals surface area contributed by atoms with E-state index in [9.17, 15) is 9.90 Å². The van der Waals surface area contributed by atoms with Crippen LogP contribution in [0.25, 0.3) is 32.3 Å². The van der Waals surface area contributed by atoms with Crippen LogP contribution in [-0.4, -0.2) is 41.5 Å². The van der Waals surface area contributed by atoms with E-state index >= 15 is 0 Å². The molecule has 172 valence electrons. The van der Waals surface area contributed by atoms with Gasteiger partial charge in [-0.2, -0.15) is 0 Å². The zero-order valence-electron chi connectivity index (χ0n) is 18.7. The minimum Gasteiger partial charge on any atom is -0.466 e. The SMILES string of the molecule is N[C@@H](CO)[C@H](O)/C=C/CCCOC(=O)CCCc1ccc2ccc3cccc4ccc1c2c34. The molecule has 0 aliphatic heterocycles. The summed E-state index contributed by atoms with van der Waals surface area (Å²) in [5.41, 5.74) is 6.80. The molecule has 0 saturated carbocycles. The number of rotatable bonds is 11. The summed E-state index contributed by atoms with van der Waals surface area (Å²) in [6, 6.07) is 18.9. The van der Waals surface area contributed by atoms with Gasteiger partial charge in [-0.15, -0.1) is 0 Å². The third-order valence-corrected chi connectivity index (χ3v) is 6.21. The number of esters is 1. The Morgan fingerprint density at radius 3 is 2.42 bits per heavy atom. The highest BCUT2D eigenvalue weighted by molar-refractivity contribution is 6.23. The Bertz CT molecular complexity index is 1230. The minimum atomic E-state index is -0.864. The Hall–Kier alpha value is -2.99. The Balaban J connectivity index is 1.28. The van der Waals surface area contributed by atoms with Crippen molar-refractivity contribution in [3.8, 4) is 0 Å². The molecule has 0 aliphatic carbocycles. The summed E-state index contributed by atoms with van der Waals surface area (Å²) in [4.78, 5) is 12.1. The average Bonchev–Trinajstić information content (AvgIpc) is 2.84. The van der Waals surface area contributed by atoms with Gasteiger partial charge in [-0.25, -0.2) is 0 Å². The van der Waals surface area contributed by atoms with Gasteiger partial charge in [0.1, 0.15) is 0 Å². The van der Waals surface area contributed by atoms with Gasteiger partial charge in [0.25, 0.3) is 0 Å². The average molecular weight is 446 g/mol. The van der Waals surface area contributed by atoms with E-state index < -0.39 is 12.1 Å². The van der Waals surface area contributed by atoms with E-state index in [4.69, 9.17) is 15.6 Å². The van der Waals surface area contributed by atoms with Crippen molar-refractivity contribution in [2.45, 2.75) is 44.2 Å². The maximum Gasteiger partial charge on any atom is 0.305 e. The molecule has 0 amide bonds. The number of unbranched alkanes of at least 4 members (excludes halogenated alkanes) is 1. The van der Waals surface area contributed by atoms with Crippen LogP contribution < -0.4 is 5.73 Å². The molecule has 2 atom stereocenters. The van der Waals surface area contributed by atoms with Crippen molar-refractivity contribution >= 4 is 38.3 Å². The molecule has 0 unspecified atom stereocenters. The van der Waals surface area contributed by atoms with Crippen LogP contribution in [0.1, 0.15) is 31.2 Å². The monoisotopic (exact) mass is 445 g/mol. The standard InChI is InChI=1S/C28H31NO4/c29-24(18-30)25(31)9-2-1-3-17-33-26(32)10-5-6-19-11-12-22-14-13-20-7-4-8-21-15-16-23(19)28(22)27(20)21/h2,4,7-9,11-16,24-25,30-31H,1,3,5-6,10,17-18,29H2/b9-2+/t24-,25+/m0/s1. The number of hydrogen-bond acceptors (Lipinski definition) is 5. The summed E-state index contributed by atoms with van der Waals surface area (Å²) in [6.45, 7) is 0.0851. The van der Waals surface area contributed by atoms with Crippen molar-refractivity contribution in [1.82, 2.24) is 0 Å². The van der Waals surface area contributed by atoms with E-state index in [0.29, 0.717) is 25.9 Å². The lowest BCUT2D eigenvalue weighted by Gasteiger charge is -2.14. The number of aryl methyl sites for hydroxylation is 1. The molecular weight excluding hydrogens is 414 g/mol. The zero-order valence-corrected chi connectivity index (χ0v) is 18.7. The number of nitrogens with two attached hydrogens (primary N) is 1. The summed E-state index contributed by atoms with van der Waals surface area (Å²) in [5, 5.41) is 26.2. The highest BCUT2D eigenvalue weighted by atomic mass is 16.5. The van der Waals surface area contributed by atoms with Gasteiger partial charge in [0.2, 0.25) is 0 Å². The summed E-state index contributed by atoms with van der Waals surface area (Å²) in [6.07, 6.45) is 5.81. The van der Waals surface area contributed by atoms with Crippen molar-refractivity contribution in [2.24, 2.45) is 5.73 Å². The van der Waals surface area contributed by atoms with E-state index in [1.807, 2.05) is 0 Å². The lowest BCUT2D eigenvalue weighted by atomic mass is 9.90. The van der Waals surface area contributed by atoms with Crippen molar-refractivity contribution in [3.05, 3.63) is 72.3 Å². The first kappa shape index (κ1) is 23.2. The second kappa shape index (κ2) is 10.8. The lowest BCUT2D eigenvalue weighted by Crippen LogP contribution is -2.36. The summed E-state index contributed by atoms with van der Waals surface area (Å²) >= 11 is 0. The summed E-state index contributed by atoms with van der Waals surface area (Å²) in [7, 11) is 0. The van der Waals surface area contributed by atoms with Crippen LogP contribution in [0.2, 0.25) is 0 Å². The number of aliphatic hydroxyl groups excluding tert-OH is 2. The van der Waals surface area contributed by atoms with Gasteiger partial charge in [0, 0.05) is 6.42 Å². The number of ether oxygens (including phenoxy) is 1. The Morgan fingerprint density at radius 2 is 1.67 bits per heavy atom. The van der Waals surface area contributed by atoms with Gasteiger partial charge in [0.05, 0.1) is 25.4 Å². The topological polar surface area (TPSA) is 92.8 Å². The molecule has 0 heterocycles. The molecule has 0 saturated heterocycles. The first-order valence-corrected chi connectivity index (χ1v) is 11.6. The predicted octanol–water partition coefficient (Wildman–Crippen LogP) is 4.47. The van der Waals surface area contributed by atoms with Crippen LogP contribution in [0.15, 0.2) is 66.7 Å². The smallest absolute Gasteiger partial charge is 0.305 e. The van der Waals surface area contributed by atoms with Crippen molar-refractivity contribution in [3.63, 3.8) is 0 Å². The molecular formula is C28H31NO4. The first-order valence-electron chi connectivity index (χ1n) is 11.6. The maximum atomic E-state index is 12.1. The Kier molecular flexibility index (Phi) is 7.55. The third-order valence-electron chi connectivity index (χ3n) is 6.21. The van der Waals surface area contributed by atoms with E-state index in [1.54, 1.807) is 12.2 Å². The molecule has 5 nitrogen and oxygen atoms in total. The second-order valence-electron chi connectivity index (χ2n) is 8.56. The Labute approximate surface area is 193 Å². The molecule has 4 rings (SSSR count). The predicted molar refractivity (Wildman–Crippen MR) is 133 cm³/mol. The maximum absolute atomic E-state index is 12.1. The molecule has 4 aromatic rings. The number of allylic oxidation sites excluding steroid dienone is 1. The first-order chi connectivity index (χ1) is 16.1. The van der Waals surface area contributed by atoms with Crippen LogP contribution in [0, 0.1) is 0 Å². The molecule has 4 N–H and O–H groups in total. The number of carbonyl (C=O) groups excluding carboxylic acids is 1. The molecule has 0 fully saturated rings. The van der Waals surface area contributed by atoms with Crippen LogP contribution in [0.5, 0.6) is 0 Å². The number of aliphatic hydroxyl groups is 2. The zero-order chi connectivity index (χ0) is 23.2. The summed E-state index contributed by atoms with van der Waals surface area (Å²) < 4.78 is 5.34. The normalized spacial score (nSPS) is 13.9. The van der Waals surface area contributed by atoms with Crippen molar-refractivity contribution in [2.75, 3.05) is 13.2 Å². The number of hydrogen-bond donors (Lipinski definition) is 3. The van der Waals surface area contributed by atoms with Gasteiger partial charge in [-0.3, -0.25) is 4.79 Å². The van der Waals surface area contributed by atoms with Crippen molar-refractivity contribution < 1.29 is 19.7 Å². The summed E-state index contributed by atoms with van der Waals surface area (Å²) in [5.74, 6) is -0.181. The number of benzene rings is 4. The third kappa shape index (κ3) is 5.33. The van der Waals surface area contributed by atoms with Crippen LogP contribution >= 0.6 is 0 Å². The van der Waals surface area contributed by atoms with E-state index in [-0.39, 0.29) is 12.6 Å². The molecule has 0 bridgehead atoms. The highest BCUT2D eigenvalue weighted by Gasteiger charge is 2.12. The molecule has 0 aromatic heterocycles. The lowest BCUT2D eigenvalue weighted by molar-refractivity contribution is -0.143. The largest absolute Gasteiger partial charge is 0.466 e. The van der Waals surface area contributed by atoms with Crippen LogP contribution in [-0.2, 0) is 16.0 Å². The fourth-order valence-electron chi connectivity index (χ4n) is 4.38. The van der Waals surface area contributed by atoms with Gasteiger partial charge in [-0.05, 0) is 63.6 Å². The van der Waals surface area contributed by atoms with Crippen molar-refractivity contribution in [1.29, 1.82) is 0 Å².